The molecule has 0 radical (unpaired) electrons. The van der Waals surface area contributed by atoms with E-state index in [4.69, 9.17) is 9.40 Å². The molecule has 0 aliphatic heterocycles. The molecule has 3 heterocycles. The monoisotopic (exact) mass is 552 g/mol. The molecule has 2 aromatic carbocycles. The molecule has 1 aliphatic carbocycles. The molecule has 40 heavy (non-hydrogen) atoms. The Morgan fingerprint density at radius 1 is 1.02 bits per heavy atom. The highest BCUT2D eigenvalue weighted by Gasteiger charge is 2.36. The summed E-state index contributed by atoms with van der Waals surface area (Å²) in [6.45, 7) is 6.52. The number of aromatic amines is 1. The Morgan fingerprint density at radius 3 is 2.52 bits per heavy atom. The summed E-state index contributed by atoms with van der Waals surface area (Å²) < 4.78 is 6.09. The Morgan fingerprint density at radius 2 is 1.80 bits per heavy atom. The van der Waals surface area contributed by atoms with Crippen molar-refractivity contribution in [2.45, 2.75) is 51.9 Å². The van der Waals surface area contributed by atoms with Crippen molar-refractivity contribution in [3.63, 3.8) is 0 Å². The van der Waals surface area contributed by atoms with E-state index in [9.17, 15) is 9.59 Å². The lowest BCUT2D eigenvalue weighted by atomic mass is 9.76. The summed E-state index contributed by atoms with van der Waals surface area (Å²) in [7, 11) is 0. The van der Waals surface area contributed by atoms with Crippen LogP contribution >= 0.6 is 11.3 Å². The largest absolute Gasteiger partial charge is 0.436 e. The number of fused-ring (bicyclic) bond motifs is 1. The summed E-state index contributed by atoms with van der Waals surface area (Å²) >= 11 is 1.44. The van der Waals surface area contributed by atoms with Crippen LogP contribution < -0.4 is 5.32 Å². The number of hydrogen-bond donors (Lipinski definition) is 2. The zero-order chi connectivity index (χ0) is 27.9. The second-order valence-corrected chi connectivity index (χ2v) is 12.5. The molecule has 1 aliphatic rings. The van der Waals surface area contributed by atoms with Crippen molar-refractivity contribution in [2.24, 2.45) is 11.8 Å². The molecular weight excluding hydrogens is 520 g/mol. The summed E-state index contributed by atoms with van der Waals surface area (Å²) in [5, 5.41) is 12.3. The molecule has 8 heteroatoms. The van der Waals surface area contributed by atoms with Gasteiger partial charge < -0.3 is 9.73 Å². The lowest BCUT2D eigenvalue weighted by Crippen LogP contribution is -2.36. The van der Waals surface area contributed by atoms with E-state index < -0.39 is 0 Å². The Hall–Kier alpha value is -4.04. The molecule has 1 fully saturated rings. The van der Waals surface area contributed by atoms with Crippen molar-refractivity contribution in [1.29, 1.82) is 0 Å². The zero-order valence-electron chi connectivity index (χ0n) is 22.9. The molecule has 1 saturated carbocycles. The molecule has 204 valence electrons. The van der Waals surface area contributed by atoms with Crippen LogP contribution in [0.25, 0.3) is 33.8 Å². The van der Waals surface area contributed by atoms with E-state index >= 15 is 0 Å². The van der Waals surface area contributed by atoms with Crippen LogP contribution in [0, 0.1) is 11.8 Å². The molecule has 0 bridgehead atoms. The molecule has 0 spiro atoms. The van der Waals surface area contributed by atoms with Gasteiger partial charge in [0, 0.05) is 23.1 Å². The van der Waals surface area contributed by atoms with Gasteiger partial charge in [-0.05, 0) is 59.5 Å². The predicted octanol–water partition coefficient (Wildman–Crippen LogP) is 7.87. The van der Waals surface area contributed by atoms with Gasteiger partial charge in [0.25, 0.3) is 0 Å². The highest BCUT2D eigenvalue weighted by Crippen LogP contribution is 2.36. The number of rotatable bonds is 6. The average molecular weight is 553 g/mol. The third-order valence-electron chi connectivity index (χ3n) is 7.77. The molecule has 5 aromatic rings. The first-order valence-corrected chi connectivity index (χ1v) is 14.6. The number of ketones is 1. The van der Waals surface area contributed by atoms with Gasteiger partial charge in [-0.25, -0.2) is 4.98 Å². The first kappa shape index (κ1) is 26.2. The molecule has 7 nitrogen and oxygen atoms in total. The Balaban J connectivity index is 1.20. The SMILES string of the molecule is CC(C)(C)c1ccc2oc(-c3cn[nH]c3-c3ccc(NC(=O)[C@@H]4CCCC[C@@H]4C(=O)c4cccs4)cc3)nc2c1. The van der Waals surface area contributed by atoms with Crippen LogP contribution in [0.5, 0.6) is 0 Å². The Kier molecular flexibility index (Phi) is 6.88. The molecule has 1 amide bonds. The standard InChI is InChI=1S/C32H32N4O3S/c1-32(2,3)20-12-15-26-25(17-20)35-31(39-26)24-18-33-36-28(24)19-10-13-21(14-11-19)34-30(38)23-8-5-4-7-22(23)29(37)27-9-6-16-40-27/h6,9-18,22-23H,4-5,7-8H2,1-3H3,(H,33,36)(H,34,38)/t22-,23+/m0/s1. The van der Waals surface area contributed by atoms with Gasteiger partial charge in [0.2, 0.25) is 11.8 Å². The van der Waals surface area contributed by atoms with Crippen LogP contribution in [-0.2, 0) is 10.2 Å². The van der Waals surface area contributed by atoms with Gasteiger partial charge in [-0.15, -0.1) is 11.3 Å². The summed E-state index contributed by atoms with van der Waals surface area (Å²) in [6, 6.07) is 17.5. The van der Waals surface area contributed by atoms with E-state index in [-0.39, 0.29) is 28.9 Å². The first-order valence-electron chi connectivity index (χ1n) is 13.7. The van der Waals surface area contributed by atoms with E-state index in [2.05, 4.69) is 48.4 Å². The van der Waals surface area contributed by atoms with E-state index in [1.807, 2.05) is 47.8 Å². The number of carbonyl (C=O) groups is 2. The average Bonchev–Trinajstić information content (AvgIpc) is 3.73. The van der Waals surface area contributed by atoms with E-state index in [0.717, 1.165) is 58.5 Å². The fourth-order valence-electron chi connectivity index (χ4n) is 5.49. The van der Waals surface area contributed by atoms with Crippen molar-refractivity contribution in [1.82, 2.24) is 15.2 Å². The molecule has 0 unspecified atom stereocenters. The van der Waals surface area contributed by atoms with Gasteiger partial charge in [0.15, 0.2) is 11.4 Å². The second-order valence-electron chi connectivity index (χ2n) is 11.5. The van der Waals surface area contributed by atoms with Gasteiger partial charge in [-0.1, -0.05) is 57.9 Å². The lowest BCUT2D eigenvalue weighted by Gasteiger charge is -2.29. The third-order valence-corrected chi connectivity index (χ3v) is 8.65. The van der Waals surface area contributed by atoms with Gasteiger partial charge >= 0.3 is 0 Å². The fourth-order valence-corrected chi connectivity index (χ4v) is 6.22. The Bertz CT molecular complexity index is 1660. The van der Waals surface area contributed by atoms with Gasteiger partial charge in [0.1, 0.15) is 5.52 Å². The number of nitrogens with zero attached hydrogens (tertiary/aromatic N) is 2. The van der Waals surface area contributed by atoms with Gasteiger partial charge in [-0.3, -0.25) is 14.7 Å². The number of oxazole rings is 1. The Labute approximate surface area is 237 Å². The second kappa shape index (κ2) is 10.5. The quantitative estimate of drug-likeness (QED) is 0.209. The highest BCUT2D eigenvalue weighted by atomic mass is 32.1. The summed E-state index contributed by atoms with van der Waals surface area (Å²) in [5.74, 6) is -0.0902. The molecular formula is C32H32N4O3S. The summed E-state index contributed by atoms with van der Waals surface area (Å²) in [6.07, 6.45) is 5.13. The summed E-state index contributed by atoms with van der Waals surface area (Å²) in [4.78, 5) is 31.8. The van der Waals surface area contributed by atoms with Gasteiger partial charge in [0.05, 0.1) is 22.3 Å². The number of carbonyl (C=O) groups excluding carboxylic acids is 2. The number of Topliss-reactive ketones (excluding diaryl/α,β-unsaturated/α-hetero) is 1. The van der Waals surface area contributed by atoms with E-state index in [0.29, 0.717) is 11.6 Å². The van der Waals surface area contributed by atoms with Crippen molar-refractivity contribution in [3.8, 4) is 22.7 Å². The molecule has 0 saturated heterocycles. The maximum atomic E-state index is 13.3. The lowest BCUT2D eigenvalue weighted by molar-refractivity contribution is -0.121. The number of thiophene rings is 1. The molecule has 2 atom stereocenters. The minimum atomic E-state index is -0.319. The van der Waals surface area contributed by atoms with Crippen molar-refractivity contribution >= 4 is 39.8 Å². The van der Waals surface area contributed by atoms with Crippen LogP contribution in [0.4, 0.5) is 5.69 Å². The van der Waals surface area contributed by atoms with E-state index in [1.54, 1.807) is 6.20 Å². The normalized spacial score (nSPS) is 17.7. The number of hydrogen-bond acceptors (Lipinski definition) is 6. The van der Waals surface area contributed by atoms with Crippen molar-refractivity contribution < 1.29 is 14.0 Å². The predicted molar refractivity (Wildman–Crippen MR) is 158 cm³/mol. The topological polar surface area (TPSA) is 101 Å². The van der Waals surface area contributed by atoms with Crippen molar-refractivity contribution in [2.75, 3.05) is 5.32 Å². The first-order chi connectivity index (χ1) is 19.3. The maximum absolute atomic E-state index is 13.3. The van der Waals surface area contributed by atoms with Crippen LogP contribution in [0.3, 0.4) is 0 Å². The van der Waals surface area contributed by atoms with Crippen LogP contribution in [0.2, 0.25) is 0 Å². The number of amides is 1. The minimum Gasteiger partial charge on any atom is -0.436 e. The fraction of sp³-hybridized carbons (Fsp3) is 0.312. The molecule has 3 aromatic heterocycles. The number of aromatic nitrogens is 3. The van der Waals surface area contributed by atoms with Crippen molar-refractivity contribution in [3.05, 3.63) is 76.6 Å². The van der Waals surface area contributed by atoms with E-state index in [1.165, 1.54) is 16.9 Å². The van der Waals surface area contributed by atoms with Crippen LogP contribution in [0.1, 0.15) is 61.7 Å². The third kappa shape index (κ3) is 5.11. The smallest absolute Gasteiger partial charge is 0.231 e. The minimum absolute atomic E-state index is 0.0166. The number of anilines is 1. The molecule has 6 rings (SSSR count). The number of H-pyrrole nitrogens is 1. The number of benzene rings is 2. The zero-order valence-corrected chi connectivity index (χ0v) is 23.7. The highest BCUT2D eigenvalue weighted by molar-refractivity contribution is 7.12. The van der Waals surface area contributed by atoms with Crippen LogP contribution in [0.15, 0.2) is 70.6 Å². The van der Waals surface area contributed by atoms with Crippen LogP contribution in [-0.4, -0.2) is 26.9 Å². The maximum Gasteiger partial charge on any atom is 0.231 e. The molecule has 2 N–H and O–H groups in total. The number of nitrogens with one attached hydrogen (secondary N) is 2. The summed E-state index contributed by atoms with van der Waals surface area (Å²) in [5.41, 5.74) is 5.89. The van der Waals surface area contributed by atoms with Gasteiger partial charge in [-0.2, -0.15) is 5.10 Å².